The lowest BCUT2D eigenvalue weighted by molar-refractivity contribution is -0.113. The molecule has 39 heavy (non-hydrogen) atoms. The van der Waals surface area contributed by atoms with Crippen molar-refractivity contribution in [2.75, 3.05) is 32.0 Å². The number of hydrogen-bond acceptors (Lipinski definition) is 8. The smallest absolute Gasteiger partial charge is 0.255 e. The molecule has 3 aromatic carbocycles. The normalized spacial score (nSPS) is 14.3. The van der Waals surface area contributed by atoms with E-state index in [-0.39, 0.29) is 5.91 Å². The van der Waals surface area contributed by atoms with Crippen LogP contribution in [0.4, 0.5) is 11.6 Å². The molecule has 0 saturated carbocycles. The minimum absolute atomic E-state index is 0.260. The maximum Gasteiger partial charge on any atom is 0.255 e. The van der Waals surface area contributed by atoms with E-state index in [1.54, 1.807) is 50.3 Å². The number of ether oxygens (including phenoxy) is 3. The Labute approximate surface area is 231 Å². The minimum Gasteiger partial charge on any atom is -0.497 e. The molecule has 2 heterocycles. The predicted molar refractivity (Wildman–Crippen MR) is 152 cm³/mol. The molecule has 1 aliphatic heterocycles. The van der Waals surface area contributed by atoms with Gasteiger partial charge in [0.25, 0.3) is 5.91 Å². The molecule has 0 spiro atoms. The first-order valence-electron chi connectivity index (χ1n) is 12.3. The molecule has 0 aliphatic carbocycles. The fourth-order valence-electron chi connectivity index (χ4n) is 4.41. The highest BCUT2D eigenvalue weighted by atomic mass is 32.2. The first kappa shape index (κ1) is 26.2. The standard InChI is InChI=1S/C29H29N5O4S/c1-18-25(27(35)31-21-11-13-22(36-2)14-12-21)26(20-10-15-23(37-3)24(16-20)38-4)34-28(30-18)32-29(33-34)39-17-19-8-6-5-7-9-19/h5-16,26H,17H2,1-4H3,(H,31,35)(H,30,32,33)/t26-/m1/s1. The molecule has 1 aromatic heterocycles. The zero-order valence-electron chi connectivity index (χ0n) is 22.1. The molecule has 200 valence electrons. The number of aromatic nitrogens is 3. The Morgan fingerprint density at radius 3 is 2.41 bits per heavy atom. The van der Waals surface area contributed by atoms with Crippen LogP contribution in [0.5, 0.6) is 17.2 Å². The Hall–Kier alpha value is -4.44. The van der Waals surface area contributed by atoms with Gasteiger partial charge in [-0.1, -0.05) is 48.2 Å². The van der Waals surface area contributed by atoms with Crippen LogP contribution in [0.1, 0.15) is 24.1 Å². The van der Waals surface area contributed by atoms with Crippen LogP contribution in [-0.2, 0) is 10.5 Å². The molecule has 0 bridgehead atoms. The number of nitrogens with zero attached hydrogens (tertiary/aromatic N) is 3. The van der Waals surface area contributed by atoms with Gasteiger partial charge in [0.05, 0.1) is 26.9 Å². The lowest BCUT2D eigenvalue weighted by Crippen LogP contribution is -2.31. The number of allylic oxidation sites excluding steroid dienone is 1. The van der Waals surface area contributed by atoms with Crippen molar-refractivity contribution >= 4 is 29.3 Å². The van der Waals surface area contributed by atoms with Gasteiger partial charge in [-0.05, 0) is 54.4 Å². The summed E-state index contributed by atoms with van der Waals surface area (Å²) in [6.07, 6.45) is 0. The van der Waals surface area contributed by atoms with E-state index >= 15 is 0 Å². The number of methoxy groups -OCH3 is 3. The van der Waals surface area contributed by atoms with E-state index in [0.29, 0.717) is 45.3 Å². The quantitative estimate of drug-likeness (QED) is 0.266. The van der Waals surface area contributed by atoms with E-state index in [2.05, 4.69) is 22.8 Å². The van der Waals surface area contributed by atoms with E-state index in [1.807, 2.05) is 43.3 Å². The summed E-state index contributed by atoms with van der Waals surface area (Å²) in [4.78, 5) is 18.5. The number of hydrogen-bond donors (Lipinski definition) is 2. The van der Waals surface area contributed by atoms with Crippen LogP contribution in [0, 0.1) is 0 Å². The van der Waals surface area contributed by atoms with Crippen LogP contribution >= 0.6 is 11.8 Å². The van der Waals surface area contributed by atoms with Crippen LogP contribution in [0.2, 0.25) is 0 Å². The number of carbonyl (C=O) groups excluding carboxylic acids is 1. The van der Waals surface area contributed by atoms with E-state index < -0.39 is 6.04 Å². The summed E-state index contributed by atoms with van der Waals surface area (Å²) in [6, 6.07) is 22.4. The molecule has 0 saturated heterocycles. The Morgan fingerprint density at radius 2 is 1.72 bits per heavy atom. The Bertz CT molecular complexity index is 1500. The monoisotopic (exact) mass is 543 g/mol. The maximum absolute atomic E-state index is 13.8. The second kappa shape index (κ2) is 11.5. The van der Waals surface area contributed by atoms with Gasteiger partial charge in [0.1, 0.15) is 11.8 Å². The number of anilines is 2. The van der Waals surface area contributed by atoms with E-state index in [1.165, 1.54) is 17.3 Å². The summed E-state index contributed by atoms with van der Waals surface area (Å²) >= 11 is 1.54. The van der Waals surface area contributed by atoms with Crippen molar-refractivity contribution in [1.29, 1.82) is 0 Å². The zero-order chi connectivity index (χ0) is 27.4. The van der Waals surface area contributed by atoms with E-state index in [9.17, 15) is 4.79 Å². The average Bonchev–Trinajstić information content (AvgIpc) is 3.38. The molecule has 0 radical (unpaired) electrons. The Morgan fingerprint density at radius 1 is 0.974 bits per heavy atom. The second-order valence-electron chi connectivity index (χ2n) is 8.80. The van der Waals surface area contributed by atoms with Crippen LogP contribution < -0.4 is 24.8 Å². The van der Waals surface area contributed by atoms with Crippen molar-refractivity contribution in [2.24, 2.45) is 0 Å². The summed E-state index contributed by atoms with van der Waals surface area (Å²) < 4.78 is 18.0. The second-order valence-corrected chi connectivity index (χ2v) is 9.74. The van der Waals surface area contributed by atoms with Gasteiger partial charge in [-0.25, -0.2) is 4.68 Å². The van der Waals surface area contributed by atoms with Crippen molar-refractivity contribution in [2.45, 2.75) is 23.9 Å². The van der Waals surface area contributed by atoms with E-state index in [0.717, 1.165) is 11.3 Å². The van der Waals surface area contributed by atoms with Crippen LogP contribution in [0.15, 0.2) is 89.2 Å². The van der Waals surface area contributed by atoms with Crippen LogP contribution in [0.3, 0.4) is 0 Å². The molecular formula is C29H29N5O4S. The first-order chi connectivity index (χ1) is 19.0. The Kier molecular flexibility index (Phi) is 7.74. The summed E-state index contributed by atoms with van der Waals surface area (Å²) in [5.41, 5.74) is 3.82. The highest BCUT2D eigenvalue weighted by Gasteiger charge is 2.35. The van der Waals surface area contributed by atoms with Gasteiger partial charge in [-0.15, -0.1) is 5.10 Å². The Balaban J connectivity index is 1.52. The third kappa shape index (κ3) is 5.56. The van der Waals surface area contributed by atoms with E-state index in [4.69, 9.17) is 24.3 Å². The molecule has 0 unspecified atom stereocenters. The number of amides is 1. The first-order valence-corrected chi connectivity index (χ1v) is 13.3. The molecule has 4 aromatic rings. The minimum atomic E-state index is -0.558. The van der Waals surface area contributed by atoms with Crippen molar-refractivity contribution in [3.05, 3.63) is 95.2 Å². The molecular weight excluding hydrogens is 514 g/mol. The van der Waals surface area contributed by atoms with Crippen molar-refractivity contribution in [3.8, 4) is 17.2 Å². The number of nitrogens with one attached hydrogen (secondary N) is 2. The third-order valence-electron chi connectivity index (χ3n) is 6.36. The SMILES string of the molecule is COc1ccc(NC(=O)C2=C(C)Nc3nc(SCc4ccccc4)nn3[C@@H]2c2ccc(OC)c(OC)c2)cc1. The molecule has 1 aliphatic rings. The van der Waals surface area contributed by atoms with Gasteiger partial charge in [0, 0.05) is 17.1 Å². The number of rotatable bonds is 9. The highest BCUT2D eigenvalue weighted by molar-refractivity contribution is 7.98. The largest absolute Gasteiger partial charge is 0.497 e. The van der Waals surface area contributed by atoms with Gasteiger partial charge in [-0.2, -0.15) is 4.98 Å². The van der Waals surface area contributed by atoms with Crippen molar-refractivity contribution in [3.63, 3.8) is 0 Å². The van der Waals surface area contributed by atoms with Gasteiger partial charge in [0.15, 0.2) is 11.5 Å². The predicted octanol–water partition coefficient (Wildman–Crippen LogP) is 5.52. The number of fused-ring (bicyclic) bond motifs is 1. The molecule has 10 heteroatoms. The van der Waals surface area contributed by atoms with Crippen LogP contribution in [0.25, 0.3) is 0 Å². The van der Waals surface area contributed by atoms with Gasteiger partial charge < -0.3 is 24.8 Å². The topological polar surface area (TPSA) is 99.5 Å². The molecule has 1 amide bonds. The summed E-state index contributed by atoms with van der Waals surface area (Å²) in [5, 5.41) is 11.7. The van der Waals surface area contributed by atoms with Gasteiger partial charge in [0.2, 0.25) is 11.1 Å². The number of thioether (sulfide) groups is 1. The molecule has 0 fully saturated rings. The maximum atomic E-state index is 13.8. The van der Waals surface area contributed by atoms with Gasteiger partial charge in [-0.3, -0.25) is 4.79 Å². The molecule has 5 rings (SSSR count). The van der Waals surface area contributed by atoms with Gasteiger partial charge >= 0.3 is 0 Å². The molecule has 9 nitrogen and oxygen atoms in total. The fourth-order valence-corrected chi connectivity index (χ4v) is 5.20. The summed E-state index contributed by atoms with van der Waals surface area (Å²) in [5.74, 6) is 2.88. The highest BCUT2D eigenvalue weighted by Crippen LogP contribution is 2.40. The lowest BCUT2D eigenvalue weighted by atomic mass is 9.94. The number of carbonyl (C=O) groups is 1. The molecule has 2 N–H and O–H groups in total. The number of benzene rings is 3. The van der Waals surface area contributed by atoms with Crippen molar-refractivity contribution < 1.29 is 19.0 Å². The summed E-state index contributed by atoms with van der Waals surface area (Å²) in [7, 11) is 4.78. The summed E-state index contributed by atoms with van der Waals surface area (Å²) in [6.45, 7) is 1.87. The molecule has 1 atom stereocenters. The van der Waals surface area contributed by atoms with Crippen LogP contribution in [-0.4, -0.2) is 42.0 Å². The third-order valence-corrected chi connectivity index (χ3v) is 7.27. The average molecular weight is 544 g/mol. The zero-order valence-corrected chi connectivity index (χ0v) is 22.9. The lowest BCUT2D eigenvalue weighted by Gasteiger charge is -2.29. The van der Waals surface area contributed by atoms with Crippen molar-refractivity contribution in [1.82, 2.24) is 14.8 Å². The fraction of sp³-hybridized carbons (Fsp3) is 0.207.